The molecular weight excluding hydrogens is 402 g/mol. The fourth-order valence-corrected chi connectivity index (χ4v) is 3.67. The third kappa shape index (κ3) is 6.32. The van der Waals surface area contributed by atoms with Crippen LogP contribution in [0.4, 0.5) is 11.4 Å². The summed E-state index contributed by atoms with van der Waals surface area (Å²) in [7, 11) is -3.68. The summed E-state index contributed by atoms with van der Waals surface area (Å²) < 4.78 is 25.6. The van der Waals surface area contributed by atoms with Crippen molar-refractivity contribution in [2.75, 3.05) is 22.4 Å². The van der Waals surface area contributed by atoms with Crippen molar-refractivity contribution in [1.82, 2.24) is 5.32 Å². The highest BCUT2D eigenvalue weighted by molar-refractivity contribution is 7.92. The number of carbonyl (C=O) groups excluding carboxylic acids is 2. The lowest BCUT2D eigenvalue weighted by molar-refractivity contribution is -0.114. The molecule has 2 aromatic rings. The van der Waals surface area contributed by atoms with Crippen molar-refractivity contribution in [3.63, 3.8) is 0 Å². The molecule has 0 radical (unpaired) electrons. The first-order valence-corrected chi connectivity index (χ1v) is 11.8. The highest BCUT2D eigenvalue weighted by Crippen LogP contribution is 2.20. The molecule has 1 atom stereocenters. The van der Waals surface area contributed by atoms with Crippen LogP contribution in [-0.2, 0) is 21.2 Å². The quantitative estimate of drug-likeness (QED) is 0.637. The van der Waals surface area contributed by atoms with Gasteiger partial charge in [0.05, 0.1) is 23.2 Å². The molecule has 0 aliphatic heterocycles. The summed E-state index contributed by atoms with van der Waals surface area (Å²) in [5, 5.41) is 5.54. The summed E-state index contributed by atoms with van der Waals surface area (Å²) in [5.74, 6) is -0.834. The molecule has 2 amide bonds. The van der Waals surface area contributed by atoms with Gasteiger partial charge in [0, 0.05) is 6.04 Å². The highest BCUT2D eigenvalue weighted by Gasteiger charge is 2.22. The number of amides is 2. The minimum Gasteiger partial charge on any atom is -0.350 e. The lowest BCUT2D eigenvalue weighted by atomic mass is 10.1. The molecule has 0 fully saturated rings. The van der Waals surface area contributed by atoms with Gasteiger partial charge in [-0.1, -0.05) is 38.1 Å². The van der Waals surface area contributed by atoms with Crippen molar-refractivity contribution in [2.24, 2.45) is 0 Å². The predicted octanol–water partition coefficient (Wildman–Crippen LogP) is 3.18. The van der Waals surface area contributed by atoms with E-state index in [1.165, 1.54) is 0 Å². The molecule has 0 bridgehead atoms. The SMILES string of the molecule is CCc1ccc(N(CC(=O)Nc2ccccc2C(=O)N[C@H](C)CC)S(C)(=O)=O)cc1. The first-order chi connectivity index (χ1) is 14.2. The summed E-state index contributed by atoms with van der Waals surface area (Å²) in [5.41, 5.74) is 2.13. The molecular formula is C22H29N3O4S. The van der Waals surface area contributed by atoms with Crippen LogP contribution >= 0.6 is 0 Å². The summed E-state index contributed by atoms with van der Waals surface area (Å²) in [6.07, 6.45) is 2.66. The van der Waals surface area contributed by atoms with Crippen LogP contribution in [0.5, 0.6) is 0 Å². The van der Waals surface area contributed by atoms with Crippen molar-refractivity contribution in [1.29, 1.82) is 0 Å². The Balaban J connectivity index is 2.21. The second-order valence-corrected chi connectivity index (χ2v) is 9.07. The van der Waals surface area contributed by atoms with E-state index in [2.05, 4.69) is 10.6 Å². The van der Waals surface area contributed by atoms with Gasteiger partial charge in [-0.2, -0.15) is 0 Å². The van der Waals surface area contributed by atoms with Crippen LogP contribution in [0.3, 0.4) is 0 Å². The average molecular weight is 432 g/mol. The number of aryl methyl sites for hydroxylation is 1. The van der Waals surface area contributed by atoms with Gasteiger partial charge < -0.3 is 10.6 Å². The molecule has 0 saturated heterocycles. The minimum absolute atomic E-state index is 0.00641. The standard InChI is InChI=1S/C22H29N3O4S/c1-5-16(3)23-22(27)19-9-7-8-10-20(19)24-21(26)15-25(30(4,28)29)18-13-11-17(6-2)12-14-18/h7-14,16H,5-6,15H2,1-4H3,(H,23,27)(H,24,26)/t16-/m1/s1. The number of anilines is 2. The van der Waals surface area contributed by atoms with Gasteiger partial charge >= 0.3 is 0 Å². The van der Waals surface area contributed by atoms with Crippen LogP contribution in [-0.4, -0.2) is 39.1 Å². The zero-order valence-electron chi connectivity index (χ0n) is 17.8. The summed E-state index contributed by atoms with van der Waals surface area (Å²) in [6, 6.07) is 13.7. The number of nitrogens with zero attached hydrogens (tertiary/aromatic N) is 1. The van der Waals surface area contributed by atoms with E-state index in [1.54, 1.807) is 36.4 Å². The minimum atomic E-state index is -3.68. The number of para-hydroxylation sites is 1. The van der Waals surface area contributed by atoms with E-state index in [1.807, 2.05) is 32.9 Å². The molecule has 0 spiro atoms. The van der Waals surface area contributed by atoms with Crippen molar-refractivity contribution in [3.05, 3.63) is 59.7 Å². The number of benzene rings is 2. The Labute approximate surface area is 178 Å². The van der Waals surface area contributed by atoms with Gasteiger partial charge in [0.15, 0.2) is 0 Å². The molecule has 0 saturated carbocycles. The number of rotatable bonds is 9. The molecule has 0 aliphatic rings. The Morgan fingerprint density at radius 1 is 1.03 bits per heavy atom. The Kier molecular flexibility index (Phi) is 8.00. The topological polar surface area (TPSA) is 95.6 Å². The molecule has 2 N–H and O–H groups in total. The second kappa shape index (κ2) is 10.2. The summed E-state index contributed by atoms with van der Waals surface area (Å²) >= 11 is 0. The maximum absolute atomic E-state index is 12.7. The molecule has 162 valence electrons. The highest BCUT2D eigenvalue weighted by atomic mass is 32.2. The summed E-state index contributed by atoms with van der Waals surface area (Å²) in [6.45, 7) is 5.47. The molecule has 0 aromatic heterocycles. The first kappa shape index (κ1) is 23.4. The normalized spacial score (nSPS) is 12.1. The number of hydrogen-bond acceptors (Lipinski definition) is 4. The molecule has 0 aliphatic carbocycles. The monoisotopic (exact) mass is 431 g/mol. The van der Waals surface area contributed by atoms with E-state index in [0.717, 1.165) is 29.0 Å². The van der Waals surface area contributed by atoms with Gasteiger partial charge in [0.2, 0.25) is 15.9 Å². The Hall–Kier alpha value is -2.87. The van der Waals surface area contributed by atoms with E-state index in [0.29, 0.717) is 16.9 Å². The van der Waals surface area contributed by atoms with Gasteiger partial charge in [-0.25, -0.2) is 8.42 Å². The third-order valence-corrected chi connectivity index (χ3v) is 5.90. The van der Waals surface area contributed by atoms with Crippen LogP contribution < -0.4 is 14.9 Å². The number of sulfonamides is 1. The zero-order chi connectivity index (χ0) is 22.3. The van der Waals surface area contributed by atoms with Gasteiger partial charge in [0.25, 0.3) is 5.91 Å². The van der Waals surface area contributed by atoms with Crippen LogP contribution in [0.15, 0.2) is 48.5 Å². The fraction of sp³-hybridized carbons (Fsp3) is 0.364. The first-order valence-electron chi connectivity index (χ1n) is 9.92. The number of nitrogens with one attached hydrogen (secondary N) is 2. The smallest absolute Gasteiger partial charge is 0.253 e. The second-order valence-electron chi connectivity index (χ2n) is 7.17. The van der Waals surface area contributed by atoms with Crippen molar-refractivity contribution < 1.29 is 18.0 Å². The Morgan fingerprint density at radius 2 is 1.67 bits per heavy atom. The molecule has 8 heteroatoms. The maximum Gasteiger partial charge on any atom is 0.253 e. The third-order valence-electron chi connectivity index (χ3n) is 4.76. The van der Waals surface area contributed by atoms with Gasteiger partial charge in [-0.05, 0) is 49.6 Å². The van der Waals surface area contributed by atoms with Crippen LogP contribution in [0, 0.1) is 0 Å². The molecule has 2 rings (SSSR count). The largest absolute Gasteiger partial charge is 0.350 e. The molecule has 7 nitrogen and oxygen atoms in total. The van der Waals surface area contributed by atoms with Gasteiger partial charge in [-0.15, -0.1) is 0 Å². The lowest BCUT2D eigenvalue weighted by Crippen LogP contribution is -2.38. The Morgan fingerprint density at radius 3 is 2.23 bits per heavy atom. The van der Waals surface area contributed by atoms with Gasteiger partial charge in [-0.3, -0.25) is 13.9 Å². The molecule has 30 heavy (non-hydrogen) atoms. The van der Waals surface area contributed by atoms with E-state index in [4.69, 9.17) is 0 Å². The lowest BCUT2D eigenvalue weighted by Gasteiger charge is -2.22. The fourth-order valence-electron chi connectivity index (χ4n) is 2.81. The number of hydrogen-bond donors (Lipinski definition) is 2. The van der Waals surface area contributed by atoms with E-state index >= 15 is 0 Å². The van der Waals surface area contributed by atoms with Crippen LogP contribution in [0.25, 0.3) is 0 Å². The maximum atomic E-state index is 12.7. The van der Waals surface area contributed by atoms with E-state index in [-0.39, 0.29) is 11.9 Å². The molecule has 0 heterocycles. The molecule has 0 unspecified atom stereocenters. The van der Waals surface area contributed by atoms with Crippen molar-refractivity contribution >= 4 is 33.2 Å². The van der Waals surface area contributed by atoms with E-state index < -0.39 is 22.5 Å². The summed E-state index contributed by atoms with van der Waals surface area (Å²) in [4.78, 5) is 25.2. The van der Waals surface area contributed by atoms with Crippen molar-refractivity contribution in [2.45, 2.75) is 39.7 Å². The average Bonchev–Trinajstić information content (AvgIpc) is 2.71. The predicted molar refractivity (Wildman–Crippen MR) is 120 cm³/mol. The zero-order valence-corrected chi connectivity index (χ0v) is 18.6. The van der Waals surface area contributed by atoms with Crippen molar-refractivity contribution in [3.8, 4) is 0 Å². The van der Waals surface area contributed by atoms with Crippen LogP contribution in [0.1, 0.15) is 43.1 Å². The molecule has 2 aromatic carbocycles. The van der Waals surface area contributed by atoms with Crippen LogP contribution in [0.2, 0.25) is 0 Å². The Bertz CT molecular complexity index is 988. The van der Waals surface area contributed by atoms with E-state index in [9.17, 15) is 18.0 Å². The number of carbonyl (C=O) groups is 2. The van der Waals surface area contributed by atoms with Gasteiger partial charge in [0.1, 0.15) is 6.54 Å².